The third kappa shape index (κ3) is 2.57. The number of aliphatic hydroxyl groups is 1. The van der Waals surface area contributed by atoms with E-state index in [-0.39, 0.29) is 18.3 Å². The summed E-state index contributed by atoms with van der Waals surface area (Å²) in [5.41, 5.74) is 0. The minimum atomic E-state index is -4.77. The number of carbonyl (C=O) groups is 1. The van der Waals surface area contributed by atoms with Crippen molar-refractivity contribution in [1.82, 2.24) is 20.2 Å². The Labute approximate surface area is 119 Å². The van der Waals surface area contributed by atoms with Crippen molar-refractivity contribution in [2.45, 2.75) is 31.5 Å². The molecule has 2 N–H and O–H groups in total. The Bertz CT molecular complexity index is 659. The van der Waals surface area contributed by atoms with E-state index in [0.29, 0.717) is 17.9 Å². The average Bonchev–Trinajstić information content (AvgIpc) is 2.98. The Balaban J connectivity index is 1.82. The Kier molecular flexibility index (Phi) is 3.32. The number of piperidine rings is 1. The highest BCUT2D eigenvalue weighted by molar-refractivity contribution is 7.80. The van der Waals surface area contributed by atoms with Crippen LogP contribution in [-0.2, 0) is 21.3 Å². The molecule has 12 heteroatoms. The monoisotopic (exact) mass is 320 g/mol. The smallest absolute Gasteiger partial charge is 0.418 e. The molecule has 0 radical (unpaired) electrons. The largest absolute Gasteiger partial charge is 0.420 e. The zero-order valence-electron chi connectivity index (χ0n) is 10.6. The summed E-state index contributed by atoms with van der Waals surface area (Å²) in [6.07, 6.45) is 0.911. The van der Waals surface area contributed by atoms with Crippen LogP contribution in [0.25, 0.3) is 0 Å². The number of carbonyl (C=O) groups excluding carboxylic acids is 1. The highest BCUT2D eigenvalue weighted by atomic mass is 32.3. The molecule has 2 aliphatic rings. The topological polar surface area (TPSA) is 146 Å². The van der Waals surface area contributed by atoms with Crippen LogP contribution in [0.4, 0.5) is 4.79 Å². The summed E-state index contributed by atoms with van der Waals surface area (Å²) in [7, 11) is -4.77. The predicted octanol–water partition coefficient (Wildman–Crippen LogP) is -0.763. The van der Waals surface area contributed by atoms with Gasteiger partial charge in [0, 0.05) is 6.54 Å². The third-order valence-corrected chi connectivity index (χ3v) is 3.75. The number of amides is 2. The van der Waals surface area contributed by atoms with Gasteiger partial charge in [0.2, 0.25) is 11.8 Å². The maximum Gasteiger partial charge on any atom is 0.418 e. The SMILES string of the molecule is O=C1N2CC(CCC2c2nnc(CO)o2)N1OS(=O)(=O)O. The number of hydroxylamine groups is 2. The number of fused-ring (bicyclic) bond motifs is 2. The summed E-state index contributed by atoms with van der Waals surface area (Å²) in [5, 5.41) is 16.9. The number of hydrogen-bond donors (Lipinski definition) is 2. The number of nitrogens with zero attached hydrogens (tertiary/aromatic N) is 4. The van der Waals surface area contributed by atoms with Crippen LogP contribution in [0.3, 0.4) is 0 Å². The quantitative estimate of drug-likeness (QED) is 0.683. The van der Waals surface area contributed by atoms with Crippen LogP contribution >= 0.6 is 0 Å². The van der Waals surface area contributed by atoms with Crippen LogP contribution in [0.2, 0.25) is 0 Å². The zero-order valence-corrected chi connectivity index (χ0v) is 11.4. The standard InChI is InChI=1S/C9H12N4O7S/c14-4-7-10-11-8(19-7)6-2-1-5-3-12(6)9(15)13(5)20-21(16,17)18/h5-6,14H,1-4H2,(H,16,17,18). The van der Waals surface area contributed by atoms with Gasteiger partial charge in [0.25, 0.3) is 0 Å². The number of aliphatic hydroxyl groups excluding tert-OH is 1. The maximum atomic E-state index is 12.1. The van der Waals surface area contributed by atoms with Crippen molar-refractivity contribution in [2.75, 3.05) is 6.54 Å². The summed E-state index contributed by atoms with van der Waals surface area (Å²) in [4.78, 5) is 13.5. The van der Waals surface area contributed by atoms with E-state index in [1.807, 2.05) is 0 Å². The molecule has 2 saturated heterocycles. The van der Waals surface area contributed by atoms with Crippen molar-refractivity contribution < 1.29 is 31.6 Å². The van der Waals surface area contributed by atoms with Crippen molar-refractivity contribution >= 4 is 16.4 Å². The van der Waals surface area contributed by atoms with E-state index < -0.39 is 35.1 Å². The molecule has 2 bridgehead atoms. The predicted molar refractivity (Wildman–Crippen MR) is 62.6 cm³/mol. The molecule has 2 aliphatic heterocycles. The van der Waals surface area contributed by atoms with Gasteiger partial charge in [0.1, 0.15) is 12.6 Å². The number of rotatable bonds is 4. The van der Waals surface area contributed by atoms with Crippen molar-refractivity contribution in [2.24, 2.45) is 0 Å². The van der Waals surface area contributed by atoms with Gasteiger partial charge in [0.05, 0.1) is 6.04 Å². The normalized spacial score (nSPS) is 25.7. The minimum Gasteiger partial charge on any atom is -0.420 e. The zero-order chi connectivity index (χ0) is 15.2. The molecular weight excluding hydrogens is 308 g/mol. The van der Waals surface area contributed by atoms with Gasteiger partial charge >= 0.3 is 16.4 Å². The number of urea groups is 1. The van der Waals surface area contributed by atoms with Gasteiger partial charge in [-0.25, -0.2) is 4.79 Å². The van der Waals surface area contributed by atoms with E-state index in [4.69, 9.17) is 14.1 Å². The molecule has 116 valence electrons. The Morgan fingerprint density at radius 1 is 1.38 bits per heavy atom. The minimum absolute atomic E-state index is 0.0322. The molecule has 2 atom stereocenters. The summed E-state index contributed by atoms with van der Waals surface area (Å²) in [5.74, 6) is 0.198. The fraction of sp³-hybridized carbons (Fsp3) is 0.667. The molecule has 0 aromatic carbocycles. The second kappa shape index (κ2) is 4.91. The van der Waals surface area contributed by atoms with Gasteiger partial charge in [-0.1, -0.05) is 0 Å². The first-order valence-corrected chi connectivity index (χ1v) is 7.45. The van der Waals surface area contributed by atoms with Crippen LogP contribution in [0.5, 0.6) is 0 Å². The Morgan fingerprint density at radius 2 is 2.14 bits per heavy atom. The lowest BCUT2D eigenvalue weighted by Crippen LogP contribution is -2.35. The summed E-state index contributed by atoms with van der Waals surface area (Å²) >= 11 is 0. The molecule has 1 aromatic rings. The van der Waals surface area contributed by atoms with Gasteiger partial charge in [0.15, 0.2) is 0 Å². The molecule has 1 aromatic heterocycles. The summed E-state index contributed by atoms with van der Waals surface area (Å²) in [6, 6.07) is -1.70. The lowest BCUT2D eigenvalue weighted by atomic mass is 10.0. The first-order valence-electron chi connectivity index (χ1n) is 6.09. The molecular formula is C9H12N4O7S. The van der Waals surface area contributed by atoms with E-state index in [1.165, 1.54) is 4.90 Å². The molecule has 3 heterocycles. The van der Waals surface area contributed by atoms with Crippen molar-refractivity contribution in [3.63, 3.8) is 0 Å². The van der Waals surface area contributed by atoms with E-state index in [1.54, 1.807) is 0 Å². The Hall–Kier alpha value is -1.76. The van der Waals surface area contributed by atoms with Crippen LogP contribution in [-0.4, -0.2) is 56.9 Å². The van der Waals surface area contributed by atoms with Crippen LogP contribution in [0, 0.1) is 0 Å². The van der Waals surface area contributed by atoms with Crippen LogP contribution in [0.1, 0.15) is 30.7 Å². The first-order chi connectivity index (χ1) is 9.89. The molecule has 2 fully saturated rings. The Morgan fingerprint density at radius 3 is 2.76 bits per heavy atom. The van der Waals surface area contributed by atoms with Crippen molar-refractivity contribution in [3.05, 3.63) is 11.8 Å². The molecule has 21 heavy (non-hydrogen) atoms. The fourth-order valence-corrected chi connectivity index (χ4v) is 2.94. The molecule has 0 saturated carbocycles. The molecule has 0 aliphatic carbocycles. The molecule has 2 amide bonds. The lowest BCUT2D eigenvalue weighted by Gasteiger charge is -2.27. The summed E-state index contributed by atoms with van der Waals surface area (Å²) in [6.45, 7) is -0.190. The van der Waals surface area contributed by atoms with Crippen molar-refractivity contribution in [1.29, 1.82) is 0 Å². The van der Waals surface area contributed by atoms with Gasteiger partial charge in [-0.05, 0) is 12.8 Å². The van der Waals surface area contributed by atoms with Crippen molar-refractivity contribution in [3.8, 4) is 0 Å². The third-order valence-electron chi connectivity index (χ3n) is 3.40. The first kappa shape index (κ1) is 14.2. The highest BCUT2D eigenvalue weighted by Crippen LogP contribution is 2.38. The van der Waals surface area contributed by atoms with Crippen LogP contribution in [0.15, 0.2) is 4.42 Å². The molecule has 3 rings (SSSR count). The van der Waals surface area contributed by atoms with E-state index >= 15 is 0 Å². The van der Waals surface area contributed by atoms with E-state index in [2.05, 4.69) is 14.5 Å². The molecule has 11 nitrogen and oxygen atoms in total. The fourth-order valence-electron chi connectivity index (χ4n) is 2.55. The molecule has 2 unspecified atom stereocenters. The van der Waals surface area contributed by atoms with Gasteiger partial charge in [-0.15, -0.1) is 14.5 Å². The average molecular weight is 320 g/mol. The lowest BCUT2D eigenvalue weighted by molar-refractivity contribution is -0.0317. The highest BCUT2D eigenvalue weighted by Gasteiger charge is 2.49. The van der Waals surface area contributed by atoms with E-state index in [9.17, 15) is 13.2 Å². The second-order valence-corrected chi connectivity index (χ2v) is 5.71. The van der Waals surface area contributed by atoms with E-state index in [0.717, 1.165) is 0 Å². The number of aromatic nitrogens is 2. The van der Waals surface area contributed by atoms with Gasteiger partial charge in [-0.3, -0.25) is 4.55 Å². The molecule has 0 spiro atoms. The van der Waals surface area contributed by atoms with Gasteiger partial charge in [-0.2, -0.15) is 13.5 Å². The second-order valence-electron chi connectivity index (χ2n) is 4.70. The van der Waals surface area contributed by atoms with Gasteiger partial charge < -0.3 is 14.4 Å². The number of hydrogen-bond acceptors (Lipinski definition) is 8. The maximum absolute atomic E-state index is 12.1. The van der Waals surface area contributed by atoms with Crippen LogP contribution < -0.4 is 0 Å². The summed E-state index contributed by atoms with van der Waals surface area (Å²) < 4.78 is 39.8.